The number of carbonyl (C=O) groups is 1. The van der Waals surface area contributed by atoms with Crippen LogP contribution in [0.4, 0.5) is 0 Å². The van der Waals surface area contributed by atoms with Gasteiger partial charge in [-0.05, 0) is 6.85 Å². The van der Waals surface area contributed by atoms with Crippen LogP contribution in [0.2, 0.25) is 2.82 Å². The van der Waals surface area contributed by atoms with Gasteiger partial charge in [0.15, 0.2) is 0 Å². The van der Waals surface area contributed by atoms with Crippen LogP contribution in [0.5, 0.6) is 0 Å². The molecule has 0 saturated carbocycles. The lowest BCUT2D eigenvalue weighted by Gasteiger charge is -1.90. The van der Waals surface area contributed by atoms with Gasteiger partial charge in [0.05, 0.1) is 1.37 Å². The third-order valence-electron chi connectivity index (χ3n) is 0.193. The van der Waals surface area contributed by atoms with Crippen molar-refractivity contribution in [2.24, 2.45) is 5.72 Å². The quantitative estimate of drug-likeness (QED) is 0.483. The van der Waals surface area contributed by atoms with Crippen molar-refractivity contribution in [1.29, 1.82) is 1.43 Å². The summed E-state index contributed by atoms with van der Waals surface area (Å²) in [5.41, 5.74) is -0.614. The largest absolute Gasteiger partial charge is 0.480 e. The van der Waals surface area contributed by atoms with E-state index in [1.54, 1.807) is 0 Å². The molecule has 0 amide bonds. The highest BCUT2D eigenvalue weighted by atomic mass is 16.4. The van der Waals surface area contributed by atoms with E-state index in [1.807, 2.05) is 0 Å². The Kier molecular flexibility index (Phi) is 0.240. The molecule has 0 aliphatic carbocycles. The first kappa shape index (κ1) is 0.816. The van der Waals surface area contributed by atoms with Gasteiger partial charge in [0.25, 0.3) is 1.43 Å². The molecule has 0 fully saturated rings. The van der Waals surface area contributed by atoms with Gasteiger partial charge >= 0.3 is 5.97 Å². The fraction of sp³-hybridized carbons (Fsp3) is 0.667. The van der Waals surface area contributed by atoms with Crippen LogP contribution in [0.3, 0.4) is 0 Å². The Hall–Kier alpha value is -0.570. The maximum atomic E-state index is 10.7. The second kappa shape index (κ2) is 1.77. The number of hydrogen-bond acceptors (Lipinski definition) is 3. The molecule has 36 valence electrons. The molecular formula is C3H7NO2. The maximum Gasteiger partial charge on any atom is 0.320 e. The van der Waals surface area contributed by atoms with Gasteiger partial charge in [-0.15, -0.1) is 0 Å². The van der Waals surface area contributed by atoms with E-state index in [9.17, 15) is 4.79 Å². The monoisotopic (exact) mass is 96.1 g/mol. The minimum absolute atomic E-state index is 0.614. The molecule has 6 heavy (non-hydrogen) atoms. The number of carboxylic acids is 1. The van der Waals surface area contributed by atoms with E-state index >= 15 is 0 Å². The van der Waals surface area contributed by atoms with Gasteiger partial charge < -0.3 is 10.8 Å². The van der Waals surface area contributed by atoms with Gasteiger partial charge in [0.2, 0.25) is 0 Å². The Bertz CT molecular complexity index is 202. The van der Waals surface area contributed by atoms with E-state index in [0.29, 0.717) is 0 Å². The van der Waals surface area contributed by atoms with E-state index in [-0.39, 0.29) is 0 Å². The minimum Gasteiger partial charge on any atom is -0.480 e. The van der Waals surface area contributed by atoms with Gasteiger partial charge in [-0.3, -0.25) is 4.79 Å². The molecule has 3 heteroatoms. The van der Waals surface area contributed by atoms with E-state index < -0.39 is 24.6 Å². The molecule has 0 radical (unpaired) electrons. The van der Waals surface area contributed by atoms with Gasteiger partial charge in [-0.1, -0.05) is 0 Å². The predicted octanol–water partition coefficient (Wildman–Crippen LogP) is -0.582. The zero-order valence-corrected chi connectivity index (χ0v) is 2.76. The summed E-state index contributed by atoms with van der Waals surface area (Å²) in [6.07, 6.45) is 0. The summed E-state index contributed by atoms with van der Waals surface area (Å²) in [6.45, 7) is -3.23. The van der Waals surface area contributed by atoms with Crippen molar-refractivity contribution >= 4 is 5.97 Å². The average molecular weight is 96.1 g/mol. The van der Waals surface area contributed by atoms with E-state index in [1.165, 1.54) is 0 Å². The first-order valence-corrected chi connectivity index (χ1v) is 1.13. The zero-order valence-electron chi connectivity index (χ0n) is 9.76. The van der Waals surface area contributed by atoms with Crippen LogP contribution in [-0.4, -0.2) is 17.1 Å². The summed E-state index contributed by atoms with van der Waals surface area (Å²) >= 11 is 0. The summed E-state index contributed by atoms with van der Waals surface area (Å²) < 4.78 is 46.5. The predicted molar refractivity (Wildman–Crippen MR) is 21.3 cm³/mol. The lowest BCUT2D eigenvalue weighted by atomic mass is 10.4. The number of aliphatic carboxylic acids is 1. The highest BCUT2D eigenvalue weighted by molar-refractivity contribution is 5.72. The van der Waals surface area contributed by atoms with E-state index in [4.69, 9.17) is 9.74 Å². The van der Waals surface area contributed by atoms with Gasteiger partial charge in [0.1, 0.15) is 8.84 Å². The molecule has 0 aromatic heterocycles. The van der Waals surface area contributed by atoms with Crippen molar-refractivity contribution in [3.8, 4) is 0 Å². The molecule has 3 N–H and O–H groups in total. The Morgan fingerprint density at radius 3 is 3.83 bits per heavy atom. The number of hydrogen-bond donors (Lipinski definition) is 2. The fourth-order valence-corrected chi connectivity index (χ4v) is 0. The summed E-state index contributed by atoms with van der Waals surface area (Å²) in [4.78, 5) is 10.7. The molecule has 0 aliphatic rings. The third-order valence-corrected chi connectivity index (χ3v) is 0.193. The first-order valence-electron chi connectivity index (χ1n) is 4.43. The Labute approximate surface area is 45.8 Å². The molecule has 0 aromatic rings. The van der Waals surface area contributed by atoms with Gasteiger partial charge in [-0.25, -0.2) is 0 Å². The molecule has 0 aromatic carbocycles. The number of nitrogens with two attached hydrogens (primary N) is 1. The third kappa shape index (κ3) is 1.72. The number of carboxylic acid groups (broad SMARTS) is 1. The number of rotatable bonds is 2. The second-order valence-electron chi connectivity index (χ2n) is 0.636. The van der Waals surface area contributed by atoms with Crippen LogP contribution in [0.15, 0.2) is 0 Å². The summed E-state index contributed by atoms with van der Waals surface area (Å²) in [5.74, 6) is -1.79. The Balaban J connectivity index is 5.08. The van der Waals surface area contributed by atoms with Crippen LogP contribution in [0, 0.1) is 0 Å². The molecule has 0 aliphatic heterocycles. The Morgan fingerprint density at radius 1 is 2.83 bits per heavy atom. The molecule has 3 nitrogen and oxygen atoms in total. The van der Waals surface area contributed by atoms with Crippen molar-refractivity contribution in [2.45, 2.75) is 12.9 Å². The normalized spacial score (nSPS) is 37.8. The Morgan fingerprint density at radius 2 is 3.67 bits per heavy atom. The highest BCUT2D eigenvalue weighted by Crippen LogP contribution is 1.68. The summed E-state index contributed by atoms with van der Waals surface area (Å²) in [5, 5.41) is 3.29. The molecular weight excluding hydrogens is 82.0 g/mol. The van der Waals surface area contributed by atoms with Crippen LogP contribution >= 0.6 is 0 Å². The molecule has 0 bridgehead atoms. The first-order chi connectivity index (χ1) is 5.67. The van der Waals surface area contributed by atoms with Gasteiger partial charge in [0, 0.05) is 4.11 Å². The van der Waals surface area contributed by atoms with Crippen molar-refractivity contribution < 1.29 is 18.2 Å². The lowest BCUT2D eigenvalue weighted by molar-refractivity contribution is -0.138. The van der Waals surface area contributed by atoms with Crippen molar-refractivity contribution in [2.75, 3.05) is 0 Å². The molecule has 0 rings (SSSR count). The SMILES string of the molecule is [2H]OC(=O)[C@]([2H])(N([2H])[2H])C([2H])([2H])[2H]. The van der Waals surface area contributed by atoms with E-state index in [0.717, 1.165) is 0 Å². The summed E-state index contributed by atoms with van der Waals surface area (Å²) in [6, 6.07) is -3.19. The van der Waals surface area contributed by atoms with Crippen molar-refractivity contribution in [3.05, 3.63) is 0 Å². The molecule has 0 heterocycles. The van der Waals surface area contributed by atoms with Crippen molar-refractivity contribution in [1.82, 2.24) is 0 Å². The van der Waals surface area contributed by atoms with Gasteiger partial charge in [-0.2, -0.15) is 0 Å². The molecule has 1 atom stereocenters. The molecule has 0 unspecified atom stereocenters. The van der Waals surface area contributed by atoms with Crippen molar-refractivity contribution in [3.63, 3.8) is 0 Å². The molecule has 0 saturated heterocycles. The highest BCUT2D eigenvalue weighted by Gasteiger charge is 1.99. The lowest BCUT2D eigenvalue weighted by Crippen LogP contribution is -2.25. The standard InChI is InChI=1S/C3H7NO2/c1-2(4)3(5)6/h2H,4H2,1H3,(H,5,6)/t2-/m1/s1/i1D3,2D/hD3. The van der Waals surface area contributed by atoms with Crippen LogP contribution < -0.4 is 5.72 Å². The average Bonchev–Trinajstić information content (AvgIpc) is 1.98. The molecule has 0 spiro atoms. The fourth-order valence-electron chi connectivity index (χ4n) is 0. The van der Waals surface area contributed by atoms with E-state index in [2.05, 4.69) is 5.11 Å². The summed E-state index contributed by atoms with van der Waals surface area (Å²) in [7, 11) is 0. The van der Waals surface area contributed by atoms with Crippen LogP contribution in [-0.2, 0) is 4.79 Å². The minimum atomic E-state index is -3.23. The van der Waals surface area contributed by atoms with Crippen LogP contribution in [0.1, 0.15) is 12.3 Å². The smallest absolute Gasteiger partial charge is 0.320 e. The zero-order chi connectivity index (χ0) is 10.9. The second-order valence-corrected chi connectivity index (χ2v) is 0.636. The van der Waals surface area contributed by atoms with Crippen LogP contribution in [0.25, 0.3) is 1.43 Å². The topological polar surface area (TPSA) is 63.3 Å². The maximum absolute atomic E-state index is 10.7.